The van der Waals surface area contributed by atoms with Crippen LogP contribution in [0, 0.1) is 12.8 Å². The van der Waals surface area contributed by atoms with Gasteiger partial charge in [-0.3, -0.25) is 4.79 Å². The minimum absolute atomic E-state index is 0.152. The fourth-order valence-corrected chi connectivity index (χ4v) is 4.09. The minimum atomic E-state index is -0.152. The Morgan fingerprint density at radius 3 is 2.85 bits per heavy atom. The summed E-state index contributed by atoms with van der Waals surface area (Å²) in [5, 5.41) is 3.26. The molecule has 0 aliphatic heterocycles. The van der Waals surface area contributed by atoms with Gasteiger partial charge in [-0.1, -0.05) is 18.6 Å². The molecule has 2 aromatic heterocycles. The van der Waals surface area contributed by atoms with Gasteiger partial charge in [0.05, 0.1) is 18.4 Å². The average molecular weight is 447 g/mol. The molecule has 0 saturated carbocycles. The molecule has 1 aromatic carbocycles. The summed E-state index contributed by atoms with van der Waals surface area (Å²) in [7, 11) is 0. The maximum absolute atomic E-state index is 12.6. The highest BCUT2D eigenvalue weighted by molar-refractivity contribution is 5.74. The van der Waals surface area contributed by atoms with Gasteiger partial charge in [0.25, 0.3) is 11.6 Å². The van der Waals surface area contributed by atoms with Crippen LogP contribution >= 0.6 is 0 Å². The smallest absolute Gasteiger partial charge is 0.299 e. The molecule has 1 aliphatic rings. The molecule has 3 aromatic rings. The van der Waals surface area contributed by atoms with E-state index in [1.54, 1.807) is 12.4 Å². The van der Waals surface area contributed by atoms with Crippen LogP contribution in [0.25, 0.3) is 22.5 Å². The summed E-state index contributed by atoms with van der Waals surface area (Å²) < 4.78 is 11.9. The van der Waals surface area contributed by atoms with Crippen LogP contribution in [-0.4, -0.2) is 23.1 Å². The first-order valence-electron chi connectivity index (χ1n) is 11.2. The van der Waals surface area contributed by atoms with Crippen LogP contribution in [0.2, 0.25) is 0 Å². The zero-order valence-corrected chi connectivity index (χ0v) is 19.3. The Morgan fingerprint density at radius 2 is 2.09 bits per heavy atom. The number of anilines is 1. The standard InChI is InChI=1S/C26H30N4O3/c1-16-9-17(2)11-21(10-16)30-26-29-15-23(33-26)19-12-20(14-22(13-19)32-8-4-6-27)24-18(3)5-7-28-25(24)31/h5,7,10-16H,4,6,8-9,27H2,1-3H3,(H,28,31)(H,29,30). The Labute approximate surface area is 193 Å². The van der Waals surface area contributed by atoms with Crippen LogP contribution in [-0.2, 0) is 0 Å². The molecule has 0 amide bonds. The van der Waals surface area contributed by atoms with E-state index >= 15 is 0 Å². The Morgan fingerprint density at radius 1 is 1.27 bits per heavy atom. The van der Waals surface area contributed by atoms with Crippen molar-refractivity contribution >= 4 is 6.01 Å². The van der Waals surface area contributed by atoms with Gasteiger partial charge in [0.15, 0.2) is 5.76 Å². The monoisotopic (exact) mass is 446 g/mol. The predicted octanol–water partition coefficient (Wildman–Crippen LogP) is 5.01. The number of allylic oxidation sites excluding steroid dienone is 3. The molecule has 7 nitrogen and oxygen atoms in total. The molecule has 0 spiro atoms. The average Bonchev–Trinajstić information content (AvgIpc) is 3.21. The minimum Gasteiger partial charge on any atom is -0.494 e. The highest BCUT2D eigenvalue weighted by Gasteiger charge is 2.15. The highest BCUT2D eigenvalue weighted by atomic mass is 16.5. The lowest BCUT2D eigenvalue weighted by molar-refractivity contribution is 0.313. The first-order chi connectivity index (χ1) is 15.9. The number of pyridine rings is 1. The number of rotatable bonds is 8. The van der Waals surface area contributed by atoms with Crippen LogP contribution in [0.4, 0.5) is 6.01 Å². The fraction of sp³-hybridized carbons (Fsp3) is 0.308. The van der Waals surface area contributed by atoms with E-state index in [0.717, 1.165) is 35.2 Å². The summed E-state index contributed by atoms with van der Waals surface area (Å²) in [6.07, 6.45) is 9.40. The van der Waals surface area contributed by atoms with Crippen LogP contribution < -0.4 is 21.3 Å². The second-order valence-corrected chi connectivity index (χ2v) is 8.55. The summed E-state index contributed by atoms with van der Waals surface area (Å²) in [4.78, 5) is 19.7. The van der Waals surface area contributed by atoms with Gasteiger partial charge in [0.1, 0.15) is 5.75 Å². The van der Waals surface area contributed by atoms with Crippen molar-refractivity contribution < 1.29 is 9.15 Å². The molecule has 1 atom stereocenters. The molecule has 2 heterocycles. The Hall–Kier alpha value is -3.58. The van der Waals surface area contributed by atoms with Gasteiger partial charge < -0.3 is 25.2 Å². The number of aromatic nitrogens is 2. The number of H-pyrrole nitrogens is 1. The third kappa shape index (κ3) is 5.43. The summed E-state index contributed by atoms with van der Waals surface area (Å²) >= 11 is 0. The first-order valence-corrected chi connectivity index (χ1v) is 11.2. The largest absolute Gasteiger partial charge is 0.494 e. The van der Waals surface area contributed by atoms with Gasteiger partial charge in [-0.15, -0.1) is 0 Å². The molecular weight excluding hydrogens is 416 g/mol. The van der Waals surface area contributed by atoms with Crippen LogP contribution in [0.5, 0.6) is 5.75 Å². The number of hydrogen-bond acceptors (Lipinski definition) is 6. The number of benzene rings is 1. The van der Waals surface area contributed by atoms with Crippen molar-refractivity contribution in [2.45, 2.75) is 33.6 Å². The van der Waals surface area contributed by atoms with E-state index in [0.29, 0.717) is 42.2 Å². The summed E-state index contributed by atoms with van der Waals surface area (Å²) in [6.45, 7) is 7.26. The van der Waals surface area contributed by atoms with E-state index < -0.39 is 0 Å². The molecule has 4 N–H and O–H groups in total. The maximum Gasteiger partial charge on any atom is 0.299 e. The predicted molar refractivity (Wildman–Crippen MR) is 131 cm³/mol. The van der Waals surface area contributed by atoms with E-state index in [1.165, 1.54) is 5.57 Å². The fourth-order valence-electron chi connectivity index (χ4n) is 4.09. The van der Waals surface area contributed by atoms with Gasteiger partial charge in [-0.25, -0.2) is 4.98 Å². The molecular formula is C26H30N4O3. The number of nitrogens with one attached hydrogen (secondary N) is 2. The number of hydrogen-bond donors (Lipinski definition) is 3. The summed E-state index contributed by atoms with van der Waals surface area (Å²) in [6, 6.07) is 7.98. The second kappa shape index (κ2) is 9.92. The molecule has 1 unspecified atom stereocenters. The topological polar surface area (TPSA) is 106 Å². The molecule has 172 valence electrons. The second-order valence-electron chi connectivity index (χ2n) is 8.55. The molecule has 1 aliphatic carbocycles. The molecule has 0 fully saturated rings. The number of nitrogens with zero attached hydrogens (tertiary/aromatic N) is 1. The number of nitrogens with two attached hydrogens (primary N) is 1. The van der Waals surface area contributed by atoms with Crippen molar-refractivity contribution in [2.75, 3.05) is 18.5 Å². The van der Waals surface area contributed by atoms with Gasteiger partial charge in [0, 0.05) is 17.5 Å². The SMILES string of the molecule is CC1=CC(Nc2ncc(-c3cc(OCCCN)cc(-c4c(C)cc[nH]c4=O)c3)o2)=CC(C)C1. The zero-order chi connectivity index (χ0) is 23.4. The first kappa shape index (κ1) is 22.6. The molecule has 33 heavy (non-hydrogen) atoms. The zero-order valence-electron chi connectivity index (χ0n) is 19.3. The number of ether oxygens (including phenoxy) is 1. The van der Waals surface area contributed by atoms with Gasteiger partial charge >= 0.3 is 0 Å². The highest BCUT2D eigenvalue weighted by Crippen LogP contribution is 2.33. The quantitative estimate of drug-likeness (QED) is 0.420. The maximum atomic E-state index is 12.6. The van der Waals surface area contributed by atoms with Crippen molar-refractivity contribution in [1.29, 1.82) is 0 Å². The third-order valence-corrected chi connectivity index (χ3v) is 5.53. The molecule has 0 saturated heterocycles. The Bertz CT molecular complexity index is 1250. The molecule has 0 radical (unpaired) electrons. The van der Waals surface area contributed by atoms with Crippen molar-refractivity contribution in [3.05, 3.63) is 76.0 Å². The van der Waals surface area contributed by atoms with Gasteiger partial charge in [-0.05, 0) is 80.6 Å². The normalized spacial score (nSPS) is 15.7. The van der Waals surface area contributed by atoms with E-state index in [2.05, 4.69) is 41.3 Å². The molecule has 4 rings (SSSR count). The summed E-state index contributed by atoms with van der Waals surface area (Å²) in [5.74, 6) is 1.69. The van der Waals surface area contributed by atoms with Crippen molar-refractivity contribution in [1.82, 2.24) is 9.97 Å². The lowest BCUT2D eigenvalue weighted by atomic mass is 9.95. The number of aromatic amines is 1. The van der Waals surface area contributed by atoms with E-state index in [9.17, 15) is 4.79 Å². The molecule has 7 heteroatoms. The van der Waals surface area contributed by atoms with Crippen LogP contribution in [0.1, 0.15) is 32.3 Å². The van der Waals surface area contributed by atoms with Crippen molar-refractivity contribution in [3.63, 3.8) is 0 Å². The van der Waals surface area contributed by atoms with Gasteiger partial charge in [0.2, 0.25) is 0 Å². The van der Waals surface area contributed by atoms with Crippen LogP contribution in [0.3, 0.4) is 0 Å². The van der Waals surface area contributed by atoms with E-state index in [-0.39, 0.29) is 5.56 Å². The Balaban J connectivity index is 1.68. The van der Waals surface area contributed by atoms with E-state index in [1.807, 2.05) is 31.2 Å². The van der Waals surface area contributed by atoms with Crippen molar-refractivity contribution in [3.8, 4) is 28.2 Å². The van der Waals surface area contributed by atoms with E-state index in [4.69, 9.17) is 14.9 Å². The van der Waals surface area contributed by atoms with Crippen molar-refractivity contribution in [2.24, 2.45) is 11.7 Å². The molecule has 0 bridgehead atoms. The number of oxazole rings is 1. The van der Waals surface area contributed by atoms with Crippen LogP contribution in [0.15, 0.2) is 69.3 Å². The Kier molecular flexibility index (Phi) is 6.79. The summed E-state index contributed by atoms with van der Waals surface area (Å²) in [5.41, 5.74) is 10.8. The third-order valence-electron chi connectivity index (χ3n) is 5.53. The van der Waals surface area contributed by atoms with Gasteiger partial charge in [-0.2, -0.15) is 0 Å². The lowest BCUT2D eigenvalue weighted by Crippen LogP contribution is -2.10. The lowest BCUT2D eigenvalue weighted by Gasteiger charge is -2.16. The number of aryl methyl sites for hydroxylation is 1.